The second-order valence-corrected chi connectivity index (χ2v) is 7.11. The maximum atomic E-state index is 13.0. The Bertz CT molecular complexity index is 1100. The lowest BCUT2D eigenvalue weighted by Gasteiger charge is -2.13. The maximum absolute atomic E-state index is 13.0. The van der Waals surface area contributed by atoms with Crippen molar-refractivity contribution in [1.82, 2.24) is 0 Å². The molecular formula is C21H18Cl2N2O5. The maximum Gasteiger partial charge on any atom is 0.337 e. The Labute approximate surface area is 183 Å². The first-order valence-corrected chi connectivity index (χ1v) is 9.67. The van der Waals surface area contributed by atoms with Gasteiger partial charge >= 0.3 is 5.97 Å². The number of hydrogen-bond acceptors (Lipinski definition) is 5. The first-order chi connectivity index (χ1) is 14.3. The van der Waals surface area contributed by atoms with Crippen molar-refractivity contribution in [3.05, 3.63) is 57.1 Å². The van der Waals surface area contributed by atoms with Crippen LogP contribution in [0, 0.1) is 0 Å². The fourth-order valence-corrected chi connectivity index (χ4v) is 3.46. The van der Waals surface area contributed by atoms with E-state index in [9.17, 15) is 14.7 Å². The summed E-state index contributed by atoms with van der Waals surface area (Å²) in [4.78, 5) is 24.3. The number of aromatic carboxylic acids is 1. The molecule has 0 aromatic heterocycles. The normalized spacial score (nSPS) is 14.8. The lowest BCUT2D eigenvalue weighted by molar-refractivity contribution is -0.114. The van der Waals surface area contributed by atoms with Crippen molar-refractivity contribution >= 4 is 52.6 Å². The van der Waals surface area contributed by atoms with Crippen molar-refractivity contribution in [1.29, 1.82) is 0 Å². The van der Waals surface area contributed by atoms with Crippen LogP contribution in [0.3, 0.4) is 0 Å². The van der Waals surface area contributed by atoms with E-state index < -0.39 is 11.9 Å². The lowest BCUT2D eigenvalue weighted by Crippen LogP contribution is -2.21. The number of methoxy groups -OCH3 is 1. The molecule has 0 unspecified atom stereocenters. The molecule has 1 aliphatic rings. The number of carboxylic acid groups (broad SMARTS) is 1. The number of benzene rings is 2. The number of carboxylic acids is 1. The molecule has 3 rings (SSSR count). The predicted molar refractivity (Wildman–Crippen MR) is 116 cm³/mol. The second kappa shape index (κ2) is 8.77. The smallest absolute Gasteiger partial charge is 0.337 e. The molecule has 2 aromatic carbocycles. The number of nitrogens with zero attached hydrogens (tertiary/aromatic N) is 2. The zero-order chi connectivity index (χ0) is 22.0. The minimum absolute atomic E-state index is 0.0747. The highest BCUT2D eigenvalue weighted by molar-refractivity contribution is 6.35. The number of amides is 1. The summed E-state index contributed by atoms with van der Waals surface area (Å²) in [5.41, 5.74) is 1.62. The molecule has 0 fully saturated rings. The minimum atomic E-state index is -1.19. The van der Waals surface area contributed by atoms with E-state index in [2.05, 4.69) is 5.10 Å². The van der Waals surface area contributed by atoms with Gasteiger partial charge in [-0.15, -0.1) is 0 Å². The van der Waals surface area contributed by atoms with Gasteiger partial charge in [0.1, 0.15) is 0 Å². The third-order valence-corrected chi connectivity index (χ3v) is 4.94. The van der Waals surface area contributed by atoms with Crippen LogP contribution in [-0.4, -0.2) is 36.4 Å². The number of hydrogen-bond donors (Lipinski definition) is 1. The average Bonchev–Trinajstić information content (AvgIpc) is 2.96. The van der Waals surface area contributed by atoms with Gasteiger partial charge in [-0.1, -0.05) is 23.2 Å². The quantitative estimate of drug-likeness (QED) is 0.634. The number of halogens is 2. The van der Waals surface area contributed by atoms with Gasteiger partial charge in [0, 0.05) is 0 Å². The monoisotopic (exact) mass is 448 g/mol. The molecule has 0 saturated heterocycles. The Morgan fingerprint density at radius 3 is 2.60 bits per heavy atom. The number of carbonyl (C=O) groups excluding carboxylic acids is 1. The number of hydrazone groups is 1. The summed E-state index contributed by atoms with van der Waals surface area (Å²) in [5, 5.41) is 15.1. The largest absolute Gasteiger partial charge is 0.491 e. The van der Waals surface area contributed by atoms with Crippen molar-refractivity contribution in [2.75, 3.05) is 18.7 Å². The summed E-state index contributed by atoms with van der Waals surface area (Å²) in [7, 11) is 1.49. The molecule has 156 valence electrons. The van der Waals surface area contributed by atoms with E-state index in [4.69, 9.17) is 32.7 Å². The van der Waals surface area contributed by atoms with Gasteiger partial charge in [0.15, 0.2) is 11.5 Å². The van der Waals surface area contributed by atoms with Crippen LogP contribution in [0.25, 0.3) is 6.08 Å². The second-order valence-electron chi connectivity index (χ2n) is 6.30. The Hall–Kier alpha value is -3.03. The van der Waals surface area contributed by atoms with Crippen LogP contribution in [0.1, 0.15) is 29.8 Å². The van der Waals surface area contributed by atoms with Crippen LogP contribution >= 0.6 is 23.2 Å². The molecule has 1 heterocycles. The van der Waals surface area contributed by atoms with Gasteiger partial charge in [-0.3, -0.25) is 4.79 Å². The summed E-state index contributed by atoms with van der Waals surface area (Å²) >= 11 is 12.2. The molecule has 0 aliphatic carbocycles. The molecule has 0 spiro atoms. The van der Waals surface area contributed by atoms with E-state index in [-0.39, 0.29) is 10.6 Å². The molecule has 30 heavy (non-hydrogen) atoms. The van der Waals surface area contributed by atoms with E-state index in [1.807, 2.05) is 6.92 Å². The first-order valence-electron chi connectivity index (χ1n) is 8.91. The molecule has 9 heteroatoms. The lowest BCUT2D eigenvalue weighted by atomic mass is 10.1. The number of rotatable bonds is 6. The molecule has 0 radical (unpaired) electrons. The number of carbonyl (C=O) groups is 2. The molecule has 0 atom stereocenters. The van der Waals surface area contributed by atoms with Crippen LogP contribution in [0.15, 0.2) is 41.0 Å². The Morgan fingerprint density at radius 1 is 1.23 bits per heavy atom. The predicted octanol–water partition coefficient (Wildman–Crippen LogP) is 4.91. The summed E-state index contributed by atoms with van der Waals surface area (Å²) in [6.45, 7) is 3.94. The van der Waals surface area contributed by atoms with Gasteiger partial charge in [0.05, 0.1) is 46.3 Å². The molecule has 0 saturated carbocycles. The summed E-state index contributed by atoms with van der Waals surface area (Å²) in [6.07, 6.45) is 1.64. The van der Waals surface area contributed by atoms with Crippen molar-refractivity contribution < 1.29 is 24.2 Å². The van der Waals surface area contributed by atoms with E-state index >= 15 is 0 Å². The SMILES string of the molecule is CCOc1cc(/C=C2\C(=O)N(c3ccc(Cl)c(C(=O)O)c3)N=C2C)cc(Cl)c1OC. The van der Waals surface area contributed by atoms with Gasteiger partial charge in [0.2, 0.25) is 0 Å². The molecule has 1 amide bonds. The zero-order valence-corrected chi connectivity index (χ0v) is 17.9. The first kappa shape index (κ1) is 21.7. The molecule has 0 bridgehead atoms. The van der Waals surface area contributed by atoms with E-state index in [0.717, 1.165) is 5.01 Å². The van der Waals surface area contributed by atoms with Gasteiger partial charge in [0.25, 0.3) is 5.91 Å². The van der Waals surface area contributed by atoms with Crippen LogP contribution < -0.4 is 14.5 Å². The van der Waals surface area contributed by atoms with Crippen LogP contribution in [0.5, 0.6) is 11.5 Å². The third-order valence-electron chi connectivity index (χ3n) is 4.33. The molecule has 2 aromatic rings. The van der Waals surface area contributed by atoms with Crippen LogP contribution in [0.4, 0.5) is 5.69 Å². The van der Waals surface area contributed by atoms with Gasteiger partial charge < -0.3 is 14.6 Å². The van der Waals surface area contributed by atoms with E-state index in [1.165, 1.54) is 25.3 Å². The molecular weight excluding hydrogens is 431 g/mol. The van der Waals surface area contributed by atoms with Gasteiger partial charge in [-0.05, 0) is 55.8 Å². The number of ether oxygens (including phenoxy) is 2. The molecule has 7 nitrogen and oxygen atoms in total. The van der Waals surface area contributed by atoms with Crippen molar-refractivity contribution in [3.8, 4) is 11.5 Å². The van der Waals surface area contributed by atoms with Gasteiger partial charge in [-0.25, -0.2) is 4.79 Å². The van der Waals surface area contributed by atoms with Crippen LogP contribution in [-0.2, 0) is 4.79 Å². The summed E-state index contributed by atoms with van der Waals surface area (Å²) in [6, 6.07) is 7.63. The molecule has 1 N–H and O–H groups in total. The van der Waals surface area contributed by atoms with Crippen molar-refractivity contribution in [3.63, 3.8) is 0 Å². The standard InChI is InChI=1S/C21H18Cl2N2O5/c1-4-30-18-9-12(8-17(23)19(18)29-3)7-14-11(2)24-25(20(14)26)13-5-6-16(22)15(10-13)21(27)28/h5-10H,4H2,1-3H3,(H,27,28)/b14-7-. The number of anilines is 1. The summed E-state index contributed by atoms with van der Waals surface area (Å²) < 4.78 is 10.8. The Balaban J connectivity index is 1.99. The fraction of sp³-hybridized carbons (Fsp3) is 0.190. The summed E-state index contributed by atoms with van der Waals surface area (Å²) in [5.74, 6) is -0.731. The highest BCUT2D eigenvalue weighted by atomic mass is 35.5. The van der Waals surface area contributed by atoms with Crippen molar-refractivity contribution in [2.45, 2.75) is 13.8 Å². The topological polar surface area (TPSA) is 88.4 Å². The zero-order valence-electron chi connectivity index (χ0n) is 16.4. The minimum Gasteiger partial charge on any atom is -0.491 e. The fourth-order valence-electron chi connectivity index (χ4n) is 2.97. The van der Waals surface area contributed by atoms with E-state index in [1.54, 1.807) is 25.1 Å². The van der Waals surface area contributed by atoms with E-state index in [0.29, 0.717) is 45.7 Å². The van der Waals surface area contributed by atoms with Crippen LogP contribution in [0.2, 0.25) is 10.0 Å². The highest BCUT2D eigenvalue weighted by Crippen LogP contribution is 2.37. The third kappa shape index (κ3) is 4.13. The molecule has 1 aliphatic heterocycles. The van der Waals surface area contributed by atoms with Gasteiger partial charge in [-0.2, -0.15) is 10.1 Å². The highest BCUT2D eigenvalue weighted by Gasteiger charge is 2.29. The average molecular weight is 449 g/mol. The van der Waals surface area contributed by atoms with Crippen molar-refractivity contribution in [2.24, 2.45) is 5.10 Å². The Morgan fingerprint density at radius 2 is 1.97 bits per heavy atom. The Kier molecular flexibility index (Phi) is 6.34.